The summed E-state index contributed by atoms with van der Waals surface area (Å²) in [7, 11) is 7.65. The first kappa shape index (κ1) is 58.2. The van der Waals surface area contributed by atoms with Gasteiger partial charge >= 0.3 is 5.97 Å². The van der Waals surface area contributed by atoms with Crippen molar-refractivity contribution in [3.63, 3.8) is 0 Å². The lowest BCUT2D eigenvalue weighted by Crippen LogP contribution is -2.61. The summed E-state index contributed by atoms with van der Waals surface area (Å²) in [6, 6.07) is -1.07. The van der Waals surface area contributed by atoms with E-state index in [-0.39, 0.29) is 80.2 Å². The molecule has 0 radical (unpaired) electrons. The molecule has 3 fully saturated rings. The molecular formula is C54H85NO14. The summed E-state index contributed by atoms with van der Waals surface area (Å²) >= 11 is 0. The minimum atomic E-state index is -1.88. The summed E-state index contributed by atoms with van der Waals surface area (Å²) in [4.78, 5) is 73.3. The Labute approximate surface area is 412 Å². The molecule has 4 rings (SSSR count). The fraction of sp³-hybridized carbons (Fsp3) is 0.759. The van der Waals surface area contributed by atoms with Gasteiger partial charge in [-0.05, 0) is 107 Å². The van der Waals surface area contributed by atoms with Gasteiger partial charge in [0.25, 0.3) is 11.7 Å². The van der Waals surface area contributed by atoms with Gasteiger partial charge in [0.05, 0.1) is 37.6 Å². The molecule has 4 aliphatic rings. The molecule has 0 spiro atoms. The highest BCUT2D eigenvalue weighted by molar-refractivity contribution is 6.39. The van der Waals surface area contributed by atoms with Crippen LogP contribution >= 0.6 is 0 Å². The Morgan fingerprint density at radius 2 is 1.55 bits per heavy atom. The fourth-order valence-corrected chi connectivity index (χ4v) is 10.8. The number of amides is 1. The Kier molecular flexibility index (Phi) is 24.1. The van der Waals surface area contributed by atoms with Crippen molar-refractivity contribution >= 4 is 29.2 Å². The maximum atomic E-state index is 14.6. The van der Waals surface area contributed by atoms with Crippen molar-refractivity contribution in [1.82, 2.24) is 4.90 Å². The maximum absolute atomic E-state index is 14.6. The minimum absolute atomic E-state index is 0.0832. The SMILES string of the molecule is CO[C@H]1C[C@@H]2CC[C@@H](C)[C@@](OC)(O2)C(=O)C(=O)N2CCCC[C@H]2C(=O)O[C@H]([C@H](C)C[C@@H]2CC[C@@H](OCCO)[C@H](OC)C2)CC(=O)[C@H](C)/C=C(\C)[C@@H](OC)[C@@H](OC)C(=O)[C@H](C)CC/C=C/C=CC=C1C. The maximum Gasteiger partial charge on any atom is 0.329 e. The van der Waals surface area contributed by atoms with E-state index in [0.29, 0.717) is 63.4 Å². The molecule has 14 atom stereocenters. The summed E-state index contributed by atoms with van der Waals surface area (Å²) in [5, 5.41) is 9.38. The molecule has 1 N–H and O–H groups in total. The number of aliphatic hydroxyl groups excluding tert-OH is 1. The van der Waals surface area contributed by atoms with Crippen molar-refractivity contribution in [3.05, 3.63) is 47.6 Å². The number of ketones is 3. The van der Waals surface area contributed by atoms with Crippen LogP contribution in [0.4, 0.5) is 0 Å². The van der Waals surface area contributed by atoms with Gasteiger partial charge in [-0.3, -0.25) is 19.2 Å². The van der Waals surface area contributed by atoms with E-state index in [4.69, 9.17) is 37.9 Å². The zero-order chi connectivity index (χ0) is 50.8. The highest BCUT2D eigenvalue weighted by atomic mass is 16.7. The third kappa shape index (κ3) is 15.5. The van der Waals surface area contributed by atoms with E-state index in [9.17, 15) is 29.1 Å². The van der Waals surface area contributed by atoms with Gasteiger partial charge < -0.3 is 47.9 Å². The number of rotatable bonds is 11. The number of esters is 1. The number of carbonyl (C=O) groups is 5. The van der Waals surface area contributed by atoms with E-state index in [1.807, 2.05) is 65.0 Å². The van der Waals surface area contributed by atoms with E-state index < -0.39 is 65.7 Å². The summed E-state index contributed by atoms with van der Waals surface area (Å²) in [5.41, 5.74) is 1.60. The normalized spacial score (nSPS) is 36.5. The summed E-state index contributed by atoms with van der Waals surface area (Å²) in [6.07, 6.45) is 14.9. The third-order valence-electron chi connectivity index (χ3n) is 15.1. The van der Waals surface area contributed by atoms with Crippen LogP contribution in [-0.4, -0.2) is 149 Å². The lowest BCUT2D eigenvalue weighted by Gasteiger charge is -2.44. The van der Waals surface area contributed by atoms with Crippen molar-refractivity contribution in [2.24, 2.45) is 29.6 Å². The van der Waals surface area contributed by atoms with Gasteiger partial charge in [0.1, 0.15) is 30.1 Å². The van der Waals surface area contributed by atoms with Crippen LogP contribution in [0.15, 0.2) is 47.6 Å². The number of nitrogens with zero attached hydrogens (tertiary/aromatic N) is 1. The molecule has 15 heteroatoms. The predicted octanol–water partition coefficient (Wildman–Crippen LogP) is 7.26. The molecule has 0 unspecified atom stereocenters. The second-order valence-electron chi connectivity index (χ2n) is 20.0. The topological polar surface area (TPSA) is 183 Å². The molecule has 0 aromatic carbocycles. The lowest BCUT2D eigenvalue weighted by molar-refractivity contribution is -0.277. The number of allylic oxidation sites excluding steroid dienone is 6. The number of fused-ring (bicyclic) bond motifs is 3. The molecule has 390 valence electrons. The smallest absolute Gasteiger partial charge is 0.329 e. The van der Waals surface area contributed by atoms with Crippen LogP contribution < -0.4 is 0 Å². The number of aliphatic hydroxyl groups is 1. The Morgan fingerprint density at radius 1 is 0.812 bits per heavy atom. The van der Waals surface area contributed by atoms with E-state index in [1.54, 1.807) is 27.2 Å². The molecule has 69 heavy (non-hydrogen) atoms. The van der Waals surface area contributed by atoms with Gasteiger partial charge in [0, 0.05) is 72.7 Å². The summed E-state index contributed by atoms with van der Waals surface area (Å²) in [6.45, 7) is 11.5. The van der Waals surface area contributed by atoms with Crippen molar-refractivity contribution < 1.29 is 67.0 Å². The minimum Gasteiger partial charge on any atom is -0.460 e. The summed E-state index contributed by atoms with van der Waals surface area (Å²) in [5.74, 6) is -6.16. The van der Waals surface area contributed by atoms with Crippen molar-refractivity contribution in [2.75, 3.05) is 55.3 Å². The number of carbonyl (C=O) groups excluding carboxylic acids is 5. The van der Waals surface area contributed by atoms with Crippen molar-refractivity contribution in [1.29, 1.82) is 0 Å². The van der Waals surface area contributed by atoms with Crippen LogP contribution in [0, 0.1) is 29.6 Å². The molecule has 3 heterocycles. The van der Waals surface area contributed by atoms with Gasteiger partial charge in [-0.1, -0.05) is 64.2 Å². The Bertz CT molecular complexity index is 1810. The molecule has 15 nitrogen and oxygen atoms in total. The fourth-order valence-electron chi connectivity index (χ4n) is 10.8. The van der Waals surface area contributed by atoms with Crippen LogP contribution in [0.2, 0.25) is 0 Å². The monoisotopic (exact) mass is 972 g/mol. The van der Waals surface area contributed by atoms with Gasteiger partial charge in [-0.2, -0.15) is 0 Å². The number of cyclic esters (lactones) is 1. The lowest BCUT2D eigenvalue weighted by atomic mass is 9.78. The quantitative estimate of drug-likeness (QED) is 0.124. The van der Waals surface area contributed by atoms with E-state index in [1.165, 1.54) is 26.2 Å². The number of piperidine rings is 1. The first-order valence-corrected chi connectivity index (χ1v) is 25.4. The van der Waals surface area contributed by atoms with E-state index >= 15 is 0 Å². The number of ether oxygens (including phenoxy) is 8. The molecule has 2 bridgehead atoms. The molecule has 3 aliphatic heterocycles. The van der Waals surface area contributed by atoms with Crippen LogP contribution in [0.5, 0.6) is 0 Å². The highest BCUT2D eigenvalue weighted by Crippen LogP contribution is 2.39. The zero-order valence-corrected chi connectivity index (χ0v) is 43.5. The second-order valence-corrected chi connectivity index (χ2v) is 20.0. The molecule has 1 aliphatic carbocycles. The predicted molar refractivity (Wildman–Crippen MR) is 261 cm³/mol. The third-order valence-corrected chi connectivity index (χ3v) is 15.1. The molecule has 1 amide bonds. The van der Waals surface area contributed by atoms with Crippen molar-refractivity contribution in [2.45, 2.75) is 180 Å². The van der Waals surface area contributed by atoms with Gasteiger partial charge in [-0.15, -0.1) is 0 Å². The average molecular weight is 972 g/mol. The number of hydrogen-bond acceptors (Lipinski definition) is 14. The molecule has 2 saturated heterocycles. The highest BCUT2D eigenvalue weighted by Gasteiger charge is 2.54. The Hall–Kier alpha value is -3.41. The van der Waals surface area contributed by atoms with Crippen LogP contribution in [0.1, 0.15) is 125 Å². The standard InChI is InChI=1S/C54H85NO14/c1-34-19-15-13-12-14-16-20-35(2)48(58)50(65-10)49(64-9)38(5)29-36(3)43(57)33-46(37(4)30-40-23-25-44(67-28-27-56)47(31-40)63-8)68-53(61)42-21-17-18-26-55(42)52(60)51(59)54(66-11)39(6)22-24-41(69-54)32-45(34)62-7/h12-15,19,29,35-37,39-42,44-47,49-50,56H,16-18,20-28,30-33H2,1-11H3/b14-12+,15-13?,34-19?,38-29+/t35-,36-,37-,39-,40+,41+,42+,44-,45+,46+,47-,49-,50+,54-/m1/s1. The first-order valence-electron chi connectivity index (χ1n) is 25.4. The first-order chi connectivity index (χ1) is 33.0. The largest absolute Gasteiger partial charge is 0.460 e. The number of Topliss-reactive ketones (excluding diaryl/α,β-unsaturated/α-hetero) is 3. The van der Waals surface area contributed by atoms with Crippen molar-refractivity contribution in [3.8, 4) is 0 Å². The van der Waals surface area contributed by atoms with Gasteiger partial charge in [0.15, 0.2) is 5.78 Å². The molecule has 1 saturated carbocycles. The van der Waals surface area contributed by atoms with Gasteiger partial charge in [0.2, 0.25) is 5.79 Å². The molecule has 0 aromatic rings. The Morgan fingerprint density at radius 3 is 2.22 bits per heavy atom. The van der Waals surface area contributed by atoms with Crippen LogP contribution in [0.25, 0.3) is 0 Å². The van der Waals surface area contributed by atoms with E-state index in [0.717, 1.165) is 18.4 Å². The molecular weight excluding hydrogens is 887 g/mol. The Balaban J connectivity index is 1.72. The van der Waals surface area contributed by atoms with Crippen LogP contribution in [0.3, 0.4) is 0 Å². The number of hydrogen-bond donors (Lipinski definition) is 1. The number of methoxy groups -OCH3 is 5. The van der Waals surface area contributed by atoms with E-state index in [2.05, 4.69) is 0 Å². The van der Waals surface area contributed by atoms with Gasteiger partial charge in [-0.25, -0.2) is 4.79 Å². The zero-order valence-electron chi connectivity index (χ0n) is 43.5. The second kappa shape index (κ2) is 28.6. The molecule has 0 aromatic heterocycles. The van der Waals surface area contributed by atoms with Crippen LogP contribution in [-0.2, 0) is 61.9 Å². The summed E-state index contributed by atoms with van der Waals surface area (Å²) < 4.78 is 48.2. The average Bonchev–Trinajstić information content (AvgIpc) is 3.35.